The van der Waals surface area contributed by atoms with Crippen molar-refractivity contribution in [1.29, 1.82) is 0 Å². The van der Waals surface area contributed by atoms with Gasteiger partial charge >= 0.3 is 0 Å². The largest absolute Gasteiger partial charge is 0.385 e. The summed E-state index contributed by atoms with van der Waals surface area (Å²) in [4.78, 5) is 11.4. The average Bonchev–Trinajstić information content (AvgIpc) is 2.78. The maximum atomic E-state index is 10.1. The van der Waals surface area contributed by atoms with Crippen LogP contribution in [-0.4, -0.2) is 21.6 Å². The highest BCUT2D eigenvalue weighted by Gasteiger charge is 2.24. The number of nitrogens with zero attached hydrogens (tertiary/aromatic N) is 3. The van der Waals surface area contributed by atoms with Crippen molar-refractivity contribution in [3.8, 4) is 0 Å². The van der Waals surface area contributed by atoms with E-state index in [0.29, 0.717) is 12.2 Å². The molecule has 0 saturated carbocycles. The van der Waals surface area contributed by atoms with E-state index in [2.05, 4.69) is 84.2 Å². The Labute approximate surface area is 179 Å². The highest BCUT2D eigenvalue weighted by molar-refractivity contribution is 5.52. The molecule has 30 heavy (non-hydrogen) atoms. The molecule has 0 saturated heterocycles. The monoisotopic (exact) mass is 401 g/mol. The van der Waals surface area contributed by atoms with Gasteiger partial charge in [0.25, 0.3) is 0 Å². The fourth-order valence-corrected chi connectivity index (χ4v) is 4.11. The van der Waals surface area contributed by atoms with Gasteiger partial charge in [0.1, 0.15) is 6.10 Å². The summed E-state index contributed by atoms with van der Waals surface area (Å²) in [6.45, 7) is 10.3. The predicted molar refractivity (Wildman–Crippen MR) is 122 cm³/mol. The molecular formula is C26H31N3O. The number of hydrogen-bond acceptors (Lipinski definition) is 4. The Kier molecular flexibility index (Phi) is 5.61. The molecule has 1 N–H and O–H groups in total. The van der Waals surface area contributed by atoms with E-state index in [0.717, 1.165) is 25.2 Å². The standard InChI is InChI=1S/C26H31N3O/c1-5-24(30)25-27-16-19-14-15-29(17-23(19)28-25)22-12-10-21(11-13-22)26(3,4)20-8-6-18(2)7-9-20/h6-13,16,24,30H,5,14-15,17H2,1-4H3. The van der Waals surface area contributed by atoms with Crippen molar-refractivity contribution in [3.63, 3.8) is 0 Å². The van der Waals surface area contributed by atoms with E-state index in [1.165, 1.54) is 27.9 Å². The van der Waals surface area contributed by atoms with E-state index < -0.39 is 6.10 Å². The molecule has 1 unspecified atom stereocenters. The van der Waals surface area contributed by atoms with Gasteiger partial charge in [-0.3, -0.25) is 0 Å². The zero-order valence-electron chi connectivity index (χ0n) is 18.4. The second-order valence-corrected chi connectivity index (χ2v) is 8.83. The number of fused-ring (bicyclic) bond motifs is 1. The van der Waals surface area contributed by atoms with E-state index in [1.54, 1.807) is 0 Å². The van der Waals surface area contributed by atoms with E-state index in [-0.39, 0.29) is 5.41 Å². The van der Waals surface area contributed by atoms with Gasteiger partial charge in [0.2, 0.25) is 0 Å². The molecule has 0 spiro atoms. The first kappa shape index (κ1) is 20.5. The fourth-order valence-electron chi connectivity index (χ4n) is 4.11. The lowest BCUT2D eigenvalue weighted by molar-refractivity contribution is 0.163. The molecule has 0 aliphatic carbocycles. The van der Waals surface area contributed by atoms with E-state index in [9.17, 15) is 5.11 Å². The summed E-state index contributed by atoms with van der Waals surface area (Å²) in [5, 5.41) is 10.1. The molecule has 2 heterocycles. The van der Waals surface area contributed by atoms with Gasteiger partial charge in [-0.25, -0.2) is 9.97 Å². The molecule has 1 aliphatic heterocycles. The van der Waals surface area contributed by atoms with Crippen LogP contribution in [0, 0.1) is 6.92 Å². The number of hydrogen-bond donors (Lipinski definition) is 1. The normalized spacial score (nSPS) is 15.0. The van der Waals surface area contributed by atoms with E-state index in [1.807, 2.05) is 13.1 Å². The lowest BCUT2D eigenvalue weighted by Crippen LogP contribution is -2.31. The van der Waals surface area contributed by atoms with Gasteiger partial charge in [-0.05, 0) is 48.6 Å². The van der Waals surface area contributed by atoms with Crippen LogP contribution in [0.1, 0.15) is 67.1 Å². The minimum Gasteiger partial charge on any atom is -0.385 e. The van der Waals surface area contributed by atoms with Crippen LogP contribution in [0.5, 0.6) is 0 Å². The van der Waals surface area contributed by atoms with Crippen LogP contribution in [0.3, 0.4) is 0 Å². The van der Waals surface area contributed by atoms with Gasteiger partial charge in [0.05, 0.1) is 12.2 Å². The number of rotatable bonds is 5. The zero-order valence-corrected chi connectivity index (χ0v) is 18.4. The van der Waals surface area contributed by atoms with Gasteiger partial charge in [0, 0.05) is 23.8 Å². The number of aromatic nitrogens is 2. The third kappa shape index (κ3) is 3.97. The van der Waals surface area contributed by atoms with Gasteiger partial charge < -0.3 is 10.0 Å². The minimum absolute atomic E-state index is 0.0425. The SMILES string of the molecule is CCC(O)c1ncc2c(n1)CN(c1ccc(C(C)(C)c3ccc(C)cc3)cc1)CC2. The summed E-state index contributed by atoms with van der Waals surface area (Å²) >= 11 is 0. The quantitative estimate of drug-likeness (QED) is 0.645. The van der Waals surface area contributed by atoms with Crippen LogP contribution in [-0.2, 0) is 18.4 Å². The van der Waals surface area contributed by atoms with Crippen LogP contribution in [0.4, 0.5) is 5.69 Å². The second kappa shape index (κ2) is 8.19. The van der Waals surface area contributed by atoms with Gasteiger partial charge in [-0.15, -0.1) is 0 Å². The van der Waals surface area contributed by atoms with Gasteiger partial charge in [-0.2, -0.15) is 0 Å². The highest BCUT2D eigenvalue weighted by atomic mass is 16.3. The van der Waals surface area contributed by atoms with Crippen molar-refractivity contribution in [3.05, 3.63) is 88.5 Å². The van der Waals surface area contributed by atoms with Crippen LogP contribution in [0.15, 0.2) is 54.7 Å². The van der Waals surface area contributed by atoms with Crippen molar-refractivity contribution in [1.82, 2.24) is 9.97 Å². The fraction of sp³-hybridized carbons (Fsp3) is 0.385. The molecule has 0 fully saturated rings. The lowest BCUT2D eigenvalue weighted by Gasteiger charge is -2.31. The first-order valence-corrected chi connectivity index (χ1v) is 10.8. The molecule has 156 valence electrons. The molecule has 4 heteroatoms. The highest BCUT2D eigenvalue weighted by Crippen LogP contribution is 2.33. The molecule has 4 nitrogen and oxygen atoms in total. The third-order valence-corrected chi connectivity index (χ3v) is 6.38. The van der Waals surface area contributed by atoms with Crippen LogP contribution < -0.4 is 4.90 Å². The summed E-state index contributed by atoms with van der Waals surface area (Å²) in [6.07, 6.45) is 2.85. The zero-order chi connectivity index (χ0) is 21.3. The van der Waals surface area contributed by atoms with Gasteiger partial charge in [0.15, 0.2) is 5.82 Å². The molecular weight excluding hydrogens is 370 g/mol. The predicted octanol–water partition coefficient (Wildman–Crippen LogP) is 5.12. The molecule has 4 rings (SSSR count). The van der Waals surface area contributed by atoms with E-state index in [4.69, 9.17) is 0 Å². The minimum atomic E-state index is -0.589. The first-order chi connectivity index (χ1) is 14.4. The summed E-state index contributed by atoms with van der Waals surface area (Å²) in [5.74, 6) is 0.535. The van der Waals surface area contributed by atoms with Crippen molar-refractivity contribution >= 4 is 5.69 Å². The van der Waals surface area contributed by atoms with Crippen molar-refractivity contribution in [2.45, 2.75) is 58.6 Å². The summed E-state index contributed by atoms with van der Waals surface area (Å²) in [7, 11) is 0. The average molecular weight is 402 g/mol. The molecule has 1 atom stereocenters. The summed E-state index contributed by atoms with van der Waals surface area (Å²) in [5.41, 5.74) is 7.31. The Morgan fingerprint density at radius 1 is 1.03 bits per heavy atom. The Morgan fingerprint density at radius 3 is 2.30 bits per heavy atom. The second-order valence-electron chi connectivity index (χ2n) is 8.83. The number of aliphatic hydroxyl groups is 1. The first-order valence-electron chi connectivity index (χ1n) is 10.8. The molecule has 0 amide bonds. The molecule has 1 aromatic heterocycles. The Hall–Kier alpha value is -2.72. The summed E-state index contributed by atoms with van der Waals surface area (Å²) < 4.78 is 0. The smallest absolute Gasteiger partial charge is 0.157 e. The van der Waals surface area contributed by atoms with Crippen LogP contribution in [0.2, 0.25) is 0 Å². The van der Waals surface area contributed by atoms with Crippen molar-refractivity contribution in [2.24, 2.45) is 0 Å². The number of benzene rings is 2. The molecule has 2 aromatic carbocycles. The molecule has 3 aromatic rings. The Bertz CT molecular complexity index is 1010. The number of aliphatic hydroxyl groups excluding tert-OH is 1. The van der Waals surface area contributed by atoms with Crippen LogP contribution in [0.25, 0.3) is 0 Å². The Morgan fingerprint density at radius 2 is 1.67 bits per heavy atom. The summed E-state index contributed by atoms with van der Waals surface area (Å²) in [6, 6.07) is 17.8. The number of anilines is 1. The van der Waals surface area contributed by atoms with Crippen molar-refractivity contribution in [2.75, 3.05) is 11.4 Å². The molecule has 0 bridgehead atoms. The lowest BCUT2D eigenvalue weighted by atomic mass is 9.78. The van der Waals surface area contributed by atoms with E-state index >= 15 is 0 Å². The van der Waals surface area contributed by atoms with Crippen molar-refractivity contribution < 1.29 is 5.11 Å². The number of aryl methyl sites for hydroxylation is 1. The van der Waals surface area contributed by atoms with Gasteiger partial charge in [-0.1, -0.05) is 62.7 Å². The molecule has 1 aliphatic rings. The maximum absolute atomic E-state index is 10.1. The Balaban J connectivity index is 1.54. The maximum Gasteiger partial charge on any atom is 0.157 e. The third-order valence-electron chi connectivity index (χ3n) is 6.38. The topological polar surface area (TPSA) is 49.3 Å². The molecule has 0 radical (unpaired) electrons. The van der Waals surface area contributed by atoms with Crippen LogP contribution >= 0.6 is 0 Å².